The molecule has 1 atom stereocenters. The van der Waals surface area contributed by atoms with E-state index in [1.165, 1.54) is 0 Å². The summed E-state index contributed by atoms with van der Waals surface area (Å²) < 4.78 is 35.5. The molecule has 0 heterocycles. The molecule has 0 aliphatic carbocycles. The Kier molecular flexibility index (Phi) is 4.80. The first-order valence-corrected chi connectivity index (χ1v) is 5.29. The maximum Gasteiger partial charge on any atom is 0.389 e. The van der Waals surface area contributed by atoms with Crippen LogP contribution in [0.3, 0.4) is 0 Å². The van der Waals surface area contributed by atoms with Gasteiger partial charge >= 0.3 is 6.18 Å². The van der Waals surface area contributed by atoms with Crippen molar-refractivity contribution in [1.29, 1.82) is 0 Å². The van der Waals surface area contributed by atoms with Gasteiger partial charge < -0.3 is 5.11 Å². The van der Waals surface area contributed by atoms with E-state index >= 15 is 0 Å². The largest absolute Gasteiger partial charge is 0.389 e. The number of aliphatic hydroxyl groups excluding tert-OH is 1. The minimum atomic E-state index is -4.09. The van der Waals surface area contributed by atoms with Crippen molar-refractivity contribution in [1.82, 2.24) is 0 Å². The Morgan fingerprint density at radius 3 is 2.25 bits per heavy atom. The van der Waals surface area contributed by atoms with E-state index in [1.54, 1.807) is 24.3 Å². The molecule has 0 unspecified atom stereocenters. The Hall–Kier alpha value is -1.03. The molecule has 0 saturated carbocycles. The van der Waals surface area contributed by atoms with Crippen molar-refractivity contribution < 1.29 is 18.3 Å². The van der Waals surface area contributed by atoms with Crippen molar-refractivity contribution in [3.05, 3.63) is 35.9 Å². The second-order valence-corrected chi connectivity index (χ2v) is 3.79. The number of hydrogen-bond donors (Lipinski definition) is 1. The first-order valence-electron chi connectivity index (χ1n) is 5.29. The summed E-state index contributed by atoms with van der Waals surface area (Å²) in [5.41, 5.74) is 0.759. The second kappa shape index (κ2) is 5.89. The minimum absolute atomic E-state index is 0.0768. The topological polar surface area (TPSA) is 20.2 Å². The average Bonchev–Trinajstić information content (AvgIpc) is 2.24. The molecular formula is C12H15F3O. The Balaban J connectivity index is 2.24. The first-order chi connectivity index (χ1) is 7.49. The van der Waals surface area contributed by atoms with E-state index in [1.807, 2.05) is 6.07 Å². The highest BCUT2D eigenvalue weighted by molar-refractivity contribution is 5.16. The average molecular weight is 232 g/mol. The van der Waals surface area contributed by atoms with E-state index in [0.29, 0.717) is 12.8 Å². The molecule has 0 spiro atoms. The summed E-state index contributed by atoms with van der Waals surface area (Å²) in [6.45, 7) is 0. The molecule has 1 aromatic rings. The van der Waals surface area contributed by atoms with Gasteiger partial charge in [-0.25, -0.2) is 0 Å². The normalized spacial score (nSPS) is 13.8. The summed E-state index contributed by atoms with van der Waals surface area (Å²) in [5, 5.41) is 9.67. The third-order valence-corrected chi connectivity index (χ3v) is 2.37. The molecule has 0 amide bonds. The van der Waals surface area contributed by atoms with E-state index in [2.05, 4.69) is 0 Å². The van der Waals surface area contributed by atoms with Gasteiger partial charge in [0.15, 0.2) is 0 Å². The van der Waals surface area contributed by atoms with Gasteiger partial charge in [0.2, 0.25) is 0 Å². The van der Waals surface area contributed by atoms with Gasteiger partial charge in [-0.15, -0.1) is 0 Å². The van der Waals surface area contributed by atoms with Crippen LogP contribution >= 0.6 is 0 Å². The van der Waals surface area contributed by atoms with Crippen LogP contribution in [0.5, 0.6) is 0 Å². The van der Waals surface area contributed by atoms with Crippen LogP contribution in [0, 0.1) is 0 Å². The van der Waals surface area contributed by atoms with Crippen LogP contribution in [0.4, 0.5) is 13.2 Å². The van der Waals surface area contributed by atoms with Crippen LogP contribution < -0.4 is 0 Å². The zero-order valence-corrected chi connectivity index (χ0v) is 8.87. The van der Waals surface area contributed by atoms with Gasteiger partial charge in [-0.3, -0.25) is 0 Å². The van der Waals surface area contributed by atoms with Crippen LogP contribution in [0.2, 0.25) is 0 Å². The monoisotopic (exact) mass is 232 g/mol. The van der Waals surface area contributed by atoms with E-state index in [4.69, 9.17) is 0 Å². The molecule has 0 fully saturated rings. The molecule has 16 heavy (non-hydrogen) atoms. The molecule has 0 aliphatic rings. The number of halogens is 3. The maximum atomic E-state index is 11.8. The van der Waals surface area contributed by atoms with Gasteiger partial charge in [0.25, 0.3) is 0 Å². The standard InChI is InChI=1S/C12H15F3O/c13-12(14,15)9-5-4-8-11(16)10-6-2-1-3-7-10/h1-3,6-7,11,16H,4-5,8-9H2/t11-/m0/s1. The highest BCUT2D eigenvalue weighted by Gasteiger charge is 2.25. The van der Waals surface area contributed by atoms with Gasteiger partial charge in [-0.05, 0) is 18.4 Å². The smallest absolute Gasteiger partial charge is 0.388 e. The molecule has 0 aliphatic heterocycles. The molecule has 0 saturated heterocycles. The van der Waals surface area contributed by atoms with Gasteiger partial charge in [-0.2, -0.15) is 13.2 Å². The van der Waals surface area contributed by atoms with Crippen molar-refractivity contribution in [2.75, 3.05) is 0 Å². The molecule has 1 nitrogen and oxygen atoms in total. The molecule has 0 aromatic heterocycles. The summed E-state index contributed by atoms with van der Waals surface area (Å²) >= 11 is 0. The van der Waals surface area contributed by atoms with Gasteiger partial charge in [0.1, 0.15) is 0 Å². The van der Waals surface area contributed by atoms with Crippen molar-refractivity contribution in [2.45, 2.75) is 38.0 Å². The van der Waals surface area contributed by atoms with E-state index in [9.17, 15) is 18.3 Å². The Morgan fingerprint density at radius 1 is 1.06 bits per heavy atom. The molecule has 1 N–H and O–H groups in total. The fraction of sp³-hybridized carbons (Fsp3) is 0.500. The predicted octanol–water partition coefficient (Wildman–Crippen LogP) is 3.84. The third-order valence-electron chi connectivity index (χ3n) is 2.37. The van der Waals surface area contributed by atoms with E-state index in [0.717, 1.165) is 5.56 Å². The fourth-order valence-electron chi connectivity index (χ4n) is 1.50. The number of benzene rings is 1. The number of alkyl halides is 3. The second-order valence-electron chi connectivity index (χ2n) is 3.79. The molecule has 90 valence electrons. The van der Waals surface area contributed by atoms with Gasteiger partial charge in [-0.1, -0.05) is 36.8 Å². The van der Waals surface area contributed by atoms with Crippen LogP contribution in [0.15, 0.2) is 30.3 Å². The predicted molar refractivity (Wildman–Crippen MR) is 55.9 cm³/mol. The number of unbranched alkanes of at least 4 members (excludes halogenated alkanes) is 1. The lowest BCUT2D eigenvalue weighted by Crippen LogP contribution is -2.07. The summed E-state index contributed by atoms with van der Waals surface area (Å²) in [6.07, 6.45) is -4.68. The van der Waals surface area contributed by atoms with Gasteiger partial charge in [0, 0.05) is 6.42 Å². The third kappa shape index (κ3) is 5.16. The van der Waals surface area contributed by atoms with E-state index in [-0.39, 0.29) is 6.42 Å². The lowest BCUT2D eigenvalue weighted by atomic mass is 10.0. The molecular weight excluding hydrogens is 217 g/mol. The highest BCUT2D eigenvalue weighted by atomic mass is 19.4. The van der Waals surface area contributed by atoms with E-state index < -0.39 is 18.7 Å². The summed E-state index contributed by atoms with van der Waals surface area (Å²) in [7, 11) is 0. The highest BCUT2D eigenvalue weighted by Crippen LogP contribution is 2.25. The van der Waals surface area contributed by atoms with Crippen molar-refractivity contribution in [3.63, 3.8) is 0 Å². The quantitative estimate of drug-likeness (QED) is 0.764. The van der Waals surface area contributed by atoms with Crippen LogP contribution in [-0.4, -0.2) is 11.3 Å². The fourth-order valence-corrected chi connectivity index (χ4v) is 1.50. The lowest BCUT2D eigenvalue weighted by Gasteiger charge is -2.11. The number of rotatable bonds is 5. The molecule has 0 radical (unpaired) electrons. The molecule has 0 bridgehead atoms. The SMILES string of the molecule is O[C@@H](CCCCC(F)(F)F)c1ccccc1. The first kappa shape index (κ1) is 13.0. The Bertz CT molecular complexity index is 295. The zero-order valence-electron chi connectivity index (χ0n) is 8.87. The summed E-state index contributed by atoms with van der Waals surface area (Å²) in [4.78, 5) is 0. The number of aliphatic hydroxyl groups is 1. The molecule has 1 aromatic carbocycles. The van der Waals surface area contributed by atoms with Crippen LogP contribution in [-0.2, 0) is 0 Å². The minimum Gasteiger partial charge on any atom is -0.388 e. The lowest BCUT2D eigenvalue weighted by molar-refractivity contribution is -0.135. The summed E-state index contributed by atoms with van der Waals surface area (Å²) in [6, 6.07) is 8.98. The van der Waals surface area contributed by atoms with Crippen molar-refractivity contribution >= 4 is 0 Å². The Morgan fingerprint density at radius 2 is 1.69 bits per heavy atom. The summed E-state index contributed by atoms with van der Waals surface area (Å²) in [5.74, 6) is 0. The van der Waals surface area contributed by atoms with Crippen LogP contribution in [0.1, 0.15) is 37.4 Å². The van der Waals surface area contributed by atoms with Crippen molar-refractivity contribution in [3.8, 4) is 0 Å². The zero-order chi connectivity index (χ0) is 12.0. The Labute approximate surface area is 92.9 Å². The van der Waals surface area contributed by atoms with Crippen molar-refractivity contribution in [2.24, 2.45) is 0 Å². The number of hydrogen-bond acceptors (Lipinski definition) is 1. The maximum absolute atomic E-state index is 11.8. The molecule has 1 rings (SSSR count). The van der Waals surface area contributed by atoms with Crippen LogP contribution in [0.25, 0.3) is 0 Å². The molecule has 4 heteroatoms. The van der Waals surface area contributed by atoms with Gasteiger partial charge in [0.05, 0.1) is 6.10 Å².